The van der Waals surface area contributed by atoms with Crippen LogP contribution in [0.15, 0.2) is 60.7 Å². The van der Waals surface area contributed by atoms with Crippen molar-refractivity contribution in [3.63, 3.8) is 0 Å². The summed E-state index contributed by atoms with van der Waals surface area (Å²) >= 11 is 1.26. The molecule has 0 unspecified atom stereocenters. The number of hydrogen-bond acceptors (Lipinski definition) is 0. The van der Waals surface area contributed by atoms with Gasteiger partial charge in [-0.3, -0.25) is 6.08 Å². The zero-order valence-corrected chi connectivity index (χ0v) is 14.4. The maximum atomic E-state index is 2.99. The van der Waals surface area contributed by atoms with E-state index >= 15 is 0 Å². The summed E-state index contributed by atoms with van der Waals surface area (Å²) in [6.45, 7) is 2.16. The van der Waals surface area contributed by atoms with Crippen LogP contribution in [-0.4, -0.2) is 3.76 Å². The van der Waals surface area contributed by atoms with Crippen LogP contribution < -0.4 is 0 Å². The third-order valence-electron chi connectivity index (χ3n) is 2.34. The Morgan fingerprint density at radius 1 is 1.33 bits per heavy atom. The van der Waals surface area contributed by atoms with Crippen molar-refractivity contribution in [2.75, 3.05) is 0 Å². The SMILES string of the molecule is CC[CH]=[Hf+2].[C-]1=CC=CC1.c1ccc2[cH-]ccc2c1. The number of benzene rings is 1. The van der Waals surface area contributed by atoms with Crippen molar-refractivity contribution in [1.82, 2.24) is 0 Å². The van der Waals surface area contributed by atoms with Crippen LogP contribution in [0, 0.1) is 6.08 Å². The molecule has 2 aromatic carbocycles. The average molecular weight is 401 g/mol. The van der Waals surface area contributed by atoms with Crippen molar-refractivity contribution in [3.05, 3.63) is 66.8 Å². The van der Waals surface area contributed by atoms with Crippen molar-refractivity contribution in [2.24, 2.45) is 0 Å². The first-order chi connectivity index (χ1) is 8.88. The first-order valence-electron chi connectivity index (χ1n) is 6.19. The van der Waals surface area contributed by atoms with E-state index in [4.69, 9.17) is 0 Å². The molecule has 1 aliphatic carbocycles. The van der Waals surface area contributed by atoms with Gasteiger partial charge in [-0.15, -0.1) is 36.1 Å². The van der Waals surface area contributed by atoms with E-state index < -0.39 is 0 Å². The fourth-order valence-electron chi connectivity index (χ4n) is 1.41. The summed E-state index contributed by atoms with van der Waals surface area (Å²) in [4.78, 5) is 0. The summed E-state index contributed by atoms with van der Waals surface area (Å²) in [6, 6.07) is 14.7. The monoisotopic (exact) mass is 402 g/mol. The van der Waals surface area contributed by atoms with Gasteiger partial charge in [0.25, 0.3) is 0 Å². The fourth-order valence-corrected chi connectivity index (χ4v) is 1.41. The number of allylic oxidation sites excluding steroid dienone is 4. The largest absolute Gasteiger partial charge is 0.273 e. The van der Waals surface area contributed by atoms with Crippen molar-refractivity contribution in [2.45, 2.75) is 19.8 Å². The van der Waals surface area contributed by atoms with Gasteiger partial charge in [0.2, 0.25) is 0 Å². The van der Waals surface area contributed by atoms with Crippen LogP contribution in [0.2, 0.25) is 0 Å². The van der Waals surface area contributed by atoms with E-state index in [2.05, 4.69) is 65.3 Å². The molecule has 0 heterocycles. The van der Waals surface area contributed by atoms with Crippen LogP contribution in [-0.2, 0) is 23.9 Å². The Labute approximate surface area is 124 Å². The van der Waals surface area contributed by atoms with Gasteiger partial charge in [0.15, 0.2) is 0 Å². The minimum absolute atomic E-state index is 1.01. The number of rotatable bonds is 1. The van der Waals surface area contributed by atoms with Gasteiger partial charge in [0.05, 0.1) is 0 Å². The molecule has 0 fully saturated rings. The first kappa shape index (κ1) is 15.1. The molecule has 90 valence electrons. The van der Waals surface area contributed by atoms with Crippen molar-refractivity contribution < 1.29 is 23.9 Å². The molecule has 0 spiro atoms. The molecule has 0 nitrogen and oxygen atoms in total. The van der Waals surface area contributed by atoms with Crippen molar-refractivity contribution in [3.8, 4) is 0 Å². The average Bonchev–Trinajstić information content (AvgIpc) is 3.12. The van der Waals surface area contributed by atoms with Gasteiger partial charge in [-0.25, -0.2) is 12.2 Å². The van der Waals surface area contributed by atoms with Crippen LogP contribution in [0.3, 0.4) is 0 Å². The molecular formula is C17H18Hf. The second-order valence-electron chi connectivity index (χ2n) is 3.77. The van der Waals surface area contributed by atoms with E-state index in [0.29, 0.717) is 0 Å². The Balaban J connectivity index is 0.000000154. The van der Waals surface area contributed by atoms with Crippen LogP contribution in [0.5, 0.6) is 0 Å². The Morgan fingerprint density at radius 2 is 2.11 bits per heavy atom. The van der Waals surface area contributed by atoms with E-state index in [1.165, 1.54) is 41.1 Å². The Kier molecular flexibility index (Phi) is 8.41. The Bertz CT molecular complexity index is 463. The fraction of sp³-hybridized carbons (Fsp3) is 0.176. The topological polar surface area (TPSA) is 0 Å². The summed E-state index contributed by atoms with van der Waals surface area (Å²) in [7, 11) is 0. The third-order valence-corrected chi connectivity index (χ3v) is 3.80. The molecule has 0 bridgehead atoms. The molecule has 0 radical (unpaired) electrons. The van der Waals surface area contributed by atoms with Gasteiger partial charge in [-0.05, 0) is 0 Å². The summed E-state index contributed by atoms with van der Waals surface area (Å²) < 4.78 is 2.26. The van der Waals surface area contributed by atoms with Crippen molar-refractivity contribution >= 4 is 14.5 Å². The maximum Gasteiger partial charge on any atom is -0.0809 e. The number of fused-ring (bicyclic) bond motifs is 1. The Morgan fingerprint density at radius 3 is 2.61 bits per heavy atom. The molecule has 0 amide bonds. The predicted octanol–water partition coefficient (Wildman–Crippen LogP) is 4.61. The van der Waals surface area contributed by atoms with E-state index in [0.717, 1.165) is 6.42 Å². The van der Waals surface area contributed by atoms with Crippen LogP contribution in [0.1, 0.15) is 19.8 Å². The summed E-state index contributed by atoms with van der Waals surface area (Å²) in [5.74, 6) is 0. The molecular weight excluding hydrogens is 383 g/mol. The normalized spacial score (nSPS) is 11.5. The molecule has 0 atom stereocenters. The Hall–Kier alpha value is -0.950. The smallest absolute Gasteiger partial charge is 0.0809 e. The van der Waals surface area contributed by atoms with Gasteiger partial charge >= 0.3 is 41.0 Å². The zero-order valence-electron chi connectivity index (χ0n) is 10.8. The van der Waals surface area contributed by atoms with Crippen molar-refractivity contribution in [1.29, 1.82) is 0 Å². The molecule has 0 aliphatic heterocycles. The number of hydrogen-bond donors (Lipinski definition) is 0. The second-order valence-corrected chi connectivity index (χ2v) is 5.24. The molecule has 2 aromatic rings. The van der Waals surface area contributed by atoms with Crippen LogP contribution >= 0.6 is 0 Å². The van der Waals surface area contributed by atoms with Gasteiger partial charge in [-0.2, -0.15) is 23.6 Å². The van der Waals surface area contributed by atoms with E-state index in [1.54, 1.807) is 0 Å². The van der Waals surface area contributed by atoms with Crippen LogP contribution in [0.25, 0.3) is 10.8 Å². The summed E-state index contributed by atoms with van der Waals surface area (Å²) in [6.07, 6.45) is 11.3. The molecule has 1 aliphatic rings. The quantitative estimate of drug-likeness (QED) is 0.484. The standard InChI is InChI=1S/C9H7.C5H5.C3H6.Hf/c1-2-5-9-7-3-6-8(9)4-1;1-2-4-5-3-1;1-3-2;/h1-7H;1-3H,4H2;1H,3H2,2H3;/q2*-1;;+2. The second kappa shape index (κ2) is 10.0. The van der Waals surface area contributed by atoms with E-state index in [-0.39, 0.29) is 0 Å². The van der Waals surface area contributed by atoms with E-state index in [9.17, 15) is 0 Å². The van der Waals surface area contributed by atoms with Gasteiger partial charge in [0.1, 0.15) is 0 Å². The predicted molar refractivity (Wildman–Crippen MR) is 77.5 cm³/mol. The minimum atomic E-state index is 1.01. The summed E-state index contributed by atoms with van der Waals surface area (Å²) in [5, 5.41) is 2.66. The zero-order chi connectivity index (χ0) is 13.1. The molecule has 0 saturated heterocycles. The first-order valence-corrected chi connectivity index (χ1v) is 8.27. The molecule has 0 saturated carbocycles. The van der Waals surface area contributed by atoms with Gasteiger partial charge < -0.3 is 0 Å². The minimum Gasteiger partial charge on any atom is -0.273 e. The van der Waals surface area contributed by atoms with E-state index in [1.807, 2.05) is 12.2 Å². The molecule has 1 heteroatoms. The van der Waals surface area contributed by atoms with Gasteiger partial charge in [-0.1, -0.05) is 6.07 Å². The molecule has 3 rings (SSSR count). The molecule has 0 N–H and O–H groups in total. The molecule has 18 heavy (non-hydrogen) atoms. The molecule has 0 aromatic heterocycles. The van der Waals surface area contributed by atoms with Gasteiger partial charge in [0, 0.05) is 0 Å². The van der Waals surface area contributed by atoms with Crippen LogP contribution in [0.4, 0.5) is 0 Å². The summed E-state index contributed by atoms with van der Waals surface area (Å²) in [5.41, 5.74) is 0. The third kappa shape index (κ3) is 6.11. The maximum absolute atomic E-state index is 2.99.